The molecule has 0 fully saturated rings. The van der Waals surface area contributed by atoms with Crippen LogP contribution in [0.5, 0.6) is 5.75 Å². The highest BCUT2D eigenvalue weighted by atomic mass is 16.5. The highest BCUT2D eigenvalue weighted by Gasteiger charge is 2.17. The SMILES string of the molecule is CCCC1CNc2cc(OC)ccc2C1. The molecule has 2 nitrogen and oxygen atoms in total. The van der Waals surface area contributed by atoms with Gasteiger partial charge in [-0.15, -0.1) is 0 Å². The number of benzene rings is 1. The number of methoxy groups -OCH3 is 1. The molecule has 0 saturated heterocycles. The lowest BCUT2D eigenvalue weighted by molar-refractivity contribution is 0.414. The van der Waals surface area contributed by atoms with Crippen LogP contribution in [-0.2, 0) is 6.42 Å². The van der Waals surface area contributed by atoms with Crippen LogP contribution in [0.15, 0.2) is 18.2 Å². The highest BCUT2D eigenvalue weighted by Crippen LogP contribution is 2.29. The van der Waals surface area contributed by atoms with Gasteiger partial charge in [0, 0.05) is 18.3 Å². The average molecular weight is 205 g/mol. The Morgan fingerprint density at radius 2 is 2.33 bits per heavy atom. The fourth-order valence-corrected chi connectivity index (χ4v) is 2.27. The van der Waals surface area contributed by atoms with Crippen molar-refractivity contribution in [1.82, 2.24) is 0 Å². The predicted molar refractivity (Wildman–Crippen MR) is 63.6 cm³/mol. The van der Waals surface area contributed by atoms with Crippen molar-refractivity contribution in [3.8, 4) is 5.75 Å². The first-order valence-electron chi connectivity index (χ1n) is 5.74. The van der Waals surface area contributed by atoms with Gasteiger partial charge in [-0.2, -0.15) is 0 Å². The molecular formula is C13H19NO. The van der Waals surface area contributed by atoms with Crippen LogP contribution in [0.3, 0.4) is 0 Å². The molecule has 1 N–H and O–H groups in total. The van der Waals surface area contributed by atoms with Crippen molar-refractivity contribution < 1.29 is 4.74 Å². The van der Waals surface area contributed by atoms with Crippen molar-refractivity contribution in [3.63, 3.8) is 0 Å². The van der Waals surface area contributed by atoms with Gasteiger partial charge in [-0.05, 0) is 30.4 Å². The molecule has 1 heterocycles. The van der Waals surface area contributed by atoms with Gasteiger partial charge in [-0.25, -0.2) is 0 Å². The Balaban J connectivity index is 2.13. The third-order valence-corrected chi connectivity index (χ3v) is 3.10. The molecule has 0 amide bonds. The Hall–Kier alpha value is -1.18. The number of rotatable bonds is 3. The Morgan fingerprint density at radius 1 is 1.47 bits per heavy atom. The monoisotopic (exact) mass is 205 g/mol. The maximum Gasteiger partial charge on any atom is 0.120 e. The second kappa shape index (κ2) is 4.56. The molecule has 1 aromatic carbocycles. The highest BCUT2D eigenvalue weighted by molar-refractivity contribution is 5.56. The number of nitrogens with one attached hydrogen (secondary N) is 1. The van der Waals surface area contributed by atoms with E-state index in [1.54, 1.807) is 7.11 Å². The van der Waals surface area contributed by atoms with Crippen LogP contribution in [0.25, 0.3) is 0 Å². The van der Waals surface area contributed by atoms with E-state index >= 15 is 0 Å². The minimum absolute atomic E-state index is 0.802. The lowest BCUT2D eigenvalue weighted by Crippen LogP contribution is -2.22. The van der Waals surface area contributed by atoms with Crippen molar-refractivity contribution >= 4 is 5.69 Å². The number of hydrogen-bond donors (Lipinski definition) is 1. The summed E-state index contributed by atoms with van der Waals surface area (Å²) in [6, 6.07) is 6.33. The van der Waals surface area contributed by atoms with Gasteiger partial charge in [0.1, 0.15) is 5.75 Å². The number of ether oxygens (including phenoxy) is 1. The Bertz CT molecular complexity index is 335. The van der Waals surface area contributed by atoms with Crippen molar-refractivity contribution in [2.75, 3.05) is 19.0 Å². The second-order valence-corrected chi connectivity index (χ2v) is 4.26. The summed E-state index contributed by atoms with van der Waals surface area (Å²) < 4.78 is 5.21. The molecule has 1 aliphatic rings. The quantitative estimate of drug-likeness (QED) is 0.818. The third kappa shape index (κ3) is 2.25. The molecule has 15 heavy (non-hydrogen) atoms. The first kappa shape index (κ1) is 10.3. The zero-order valence-corrected chi connectivity index (χ0v) is 9.55. The van der Waals surface area contributed by atoms with Crippen LogP contribution in [0.2, 0.25) is 0 Å². The second-order valence-electron chi connectivity index (χ2n) is 4.26. The average Bonchev–Trinajstić information content (AvgIpc) is 2.29. The van der Waals surface area contributed by atoms with Gasteiger partial charge in [0.05, 0.1) is 7.11 Å². The van der Waals surface area contributed by atoms with Gasteiger partial charge in [0.25, 0.3) is 0 Å². The van der Waals surface area contributed by atoms with E-state index in [9.17, 15) is 0 Å². The van der Waals surface area contributed by atoms with Gasteiger partial charge in [-0.1, -0.05) is 19.4 Å². The third-order valence-electron chi connectivity index (χ3n) is 3.10. The number of fused-ring (bicyclic) bond motifs is 1. The summed E-state index contributed by atoms with van der Waals surface area (Å²) in [6.45, 7) is 3.36. The molecule has 0 saturated carbocycles. The largest absolute Gasteiger partial charge is 0.497 e. The summed E-state index contributed by atoms with van der Waals surface area (Å²) in [5.41, 5.74) is 2.68. The van der Waals surface area contributed by atoms with E-state index in [1.165, 1.54) is 30.5 Å². The van der Waals surface area contributed by atoms with Crippen molar-refractivity contribution in [2.45, 2.75) is 26.2 Å². The molecule has 0 aliphatic carbocycles. The molecule has 0 bridgehead atoms. The Morgan fingerprint density at radius 3 is 3.07 bits per heavy atom. The van der Waals surface area contributed by atoms with Crippen LogP contribution in [0.4, 0.5) is 5.69 Å². The number of anilines is 1. The normalized spacial score (nSPS) is 19.2. The summed E-state index contributed by atoms with van der Waals surface area (Å²) in [6.07, 6.45) is 3.80. The summed E-state index contributed by atoms with van der Waals surface area (Å²) >= 11 is 0. The molecule has 1 atom stereocenters. The van der Waals surface area contributed by atoms with Crippen molar-refractivity contribution in [1.29, 1.82) is 0 Å². The standard InChI is InChI=1S/C13H19NO/c1-3-4-10-7-11-5-6-12(15-2)8-13(11)14-9-10/h5-6,8,10,14H,3-4,7,9H2,1-2H3. The van der Waals surface area contributed by atoms with Gasteiger partial charge in [0.15, 0.2) is 0 Å². The molecule has 82 valence electrons. The van der Waals surface area contributed by atoms with Crippen LogP contribution < -0.4 is 10.1 Å². The van der Waals surface area contributed by atoms with Gasteiger partial charge < -0.3 is 10.1 Å². The zero-order chi connectivity index (χ0) is 10.7. The van der Waals surface area contributed by atoms with Crippen LogP contribution in [0, 0.1) is 5.92 Å². The van der Waals surface area contributed by atoms with E-state index in [0.717, 1.165) is 18.2 Å². The van der Waals surface area contributed by atoms with Crippen LogP contribution in [-0.4, -0.2) is 13.7 Å². The van der Waals surface area contributed by atoms with Gasteiger partial charge in [0.2, 0.25) is 0 Å². The summed E-state index contributed by atoms with van der Waals surface area (Å²) in [4.78, 5) is 0. The smallest absolute Gasteiger partial charge is 0.120 e. The first-order chi connectivity index (χ1) is 7.33. The maximum absolute atomic E-state index is 5.21. The van der Waals surface area contributed by atoms with Gasteiger partial charge >= 0.3 is 0 Å². The molecule has 1 aromatic rings. The Labute approximate surface area is 91.6 Å². The molecule has 0 spiro atoms. The molecule has 1 aliphatic heterocycles. The van der Waals surface area contributed by atoms with E-state index in [0.29, 0.717) is 0 Å². The fourth-order valence-electron chi connectivity index (χ4n) is 2.27. The Kier molecular flexibility index (Phi) is 3.14. The zero-order valence-electron chi connectivity index (χ0n) is 9.55. The summed E-state index contributed by atoms with van der Waals surface area (Å²) in [7, 11) is 1.71. The predicted octanol–water partition coefficient (Wildman–Crippen LogP) is 3.08. The van der Waals surface area contributed by atoms with Gasteiger partial charge in [-0.3, -0.25) is 0 Å². The molecule has 1 unspecified atom stereocenters. The molecule has 0 radical (unpaired) electrons. The van der Waals surface area contributed by atoms with E-state index in [4.69, 9.17) is 4.74 Å². The van der Waals surface area contributed by atoms with E-state index in [1.807, 2.05) is 0 Å². The number of hydrogen-bond acceptors (Lipinski definition) is 2. The molecule has 0 aromatic heterocycles. The molecular weight excluding hydrogens is 186 g/mol. The van der Waals surface area contributed by atoms with Crippen LogP contribution >= 0.6 is 0 Å². The first-order valence-corrected chi connectivity index (χ1v) is 5.74. The minimum atomic E-state index is 0.802. The van der Waals surface area contributed by atoms with Crippen molar-refractivity contribution in [2.24, 2.45) is 5.92 Å². The van der Waals surface area contributed by atoms with Crippen LogP contribution in [0.1, 0.15) is 25.3 Å². The fraction of sp³-hybridized carbons (Fsp3) is 0.538. The lowest BCUT2D eigenvalue weighted by atomic mass is 9.91. The topological polar surface area (TPSA) is 21.3 Å². The summed E-state index contributed by atoms with van der Waals surface area (Å²) in [5.74, 6) is 1.74. The maximum atomic E-state index is 5.21. The van der Waals surface area contributed by atoms with Crippen molar-refractivity contribution in [3.05, 3.63) is 23.8 Å². The minimum Gasteiger partial charge on any atom is -0.497 e. The van der Waals surface area contributed by atoms with E-state index in [2.05, 4.69) is 30.4 Å². The molecule has 2 rings (SSSR count). The van der Waals surface area contributed by atoms with E-state index in [-0.39, 0.29) is 0 Å². The van der Waals surface area contributed by atoms with E-state index < -0.39 is 0 Å². The summed E-state index contributed by atoms with van der Waals surface area (Å²) in [5, 5.41) is 3.49. The molecule has 2 heteroatoms. The lowest BCUT2D eigenvalue weighted by Gasteiger charge is -2.26.